The molecule has 0 aliphatic rings. The van der Waals surface area contributed by atoms with Crippen molar-refractivity contribution >= 4 is 15.7 Å². The fourth-order valence-electron chi connectivity index (χ4n) is 1.15. The molecule has 0 N–H and O–H groups in total. The van der Waals surface area contributed by atoms with Gasteiger partial charge in [0, 0.05) is 7.05 Å². The van der Waals surface area contributed by atoms with E-state index in [9.17, 15) is 8.42 Å². The molecule has 1 rings (SSSR count). The molecule has 1 aromatic rings. The highest BCUT2D eigenvalue weighted by molar-refractivity contribution is 7.92. The first-order valence-corrected chi connectivity index (χ1v) is 6.20. The lowest BCUT2D eigenvalue weighted by molar-refractivity contribution is 0.600. The average Bonchev–Trinajstić information content (AvgIpc) is 2.16. The van der Waals surface area contributed by atoms with Crippen molar-refractivity contribution in [3.8, 4) is 6.07 Å². The molecule has 4 nitrogen and oxygen atoms in total. The summed E-state index contributed by atoms with van der Waals surface area (Å²) in [5.41, 5.74) is 1.38. The summed E-state index contributed by atoms with van der Waals surface area (Å²) in [5.74, 6) is 0. The third-order valence-corrected chi connectivity index (χ3v) is 3.26. The number of rotatable bonds is 3. The molecular weight excluding hydrogens is 212 g/mol. The normalized spacial score (nSPS) is 10.7. The van der Waals surface area contributed by atoms with Crippen molar-refractivity contribution in [2.75, 3.05) is 17.6 Å². The predicted octanol–water partition coefficient (Wildman–Crippen LogP) is 1.15. The van der Waals surface area contributed by atoms with E-state index in [0.717, 1.165) is 11.8 Å². The third kappa shape index (κ3) is 2.96. The fraction of sp³-hybridized carbons (Fsp3) is 0.300. The van der Waals surface area contributed by atoms with E-state index in [1.54, 1.807) is 24.3 Å². The molecule has 0 amide bonds. The van der Waals surface area contributed by atoms with Gasteiger partial charge in [0.15, 0.2) is 0 Å². The smallest absolute Gasteiger partial charge is 0.231 e. The highest BCUT2D eigenvalue weighted by atomic mass is 32.2. The molecular formula is C10H12N2O2S. The first-order chi connectivity index (χ1) is 6.95. The molecule has 0 aromatic heterocycles. The summed E-state index contributed by atoms with van der Waals surface area (Å²) in [6.07, 6.45) is 1.43. The van der Waals surface area contributed by atoms with Gasteiger partial charge in [0.25, 0.3) is 0 Å². The van der Waals surface area contributed by atoms with Gasteiger partial charge in [0.05, 0.1) is 24.4 Å². The molecule has 0 saturated heterocycles. The van der Waals surface area contributed by atoms with Gasteiger partial charge in [-0.2, -0.15) is 5.26 Å². The SMILES string of the molecule is CN(c1cccc(CC#N)c1)S(C)(=O)=O. The number of benzene rings is 1. The highest BCUT2D eigenvalue weighted by Crippen LogP contribution is 2.17. The summed E-state index contributed by atoms with van der Waals surface area (Å²) < 4.78 is 23.7. The molecule has 0 radical (unpaired) electrons. The largest absolute Gasteiger partial charge is 0.274 e. The second-order valence-electron chi connectivity index (χ2n) is 3.24. The van der Waals surface area contributed by atoms with Crippen LogP contribution in [0.15, 0.2) is 24.3 Å². The maximum atomic E-state index is 11.3. The Morgan fingerprint density at radius 1 is 1.47 bits per heavy atom. The van der Waals surface area contributed by atoms with E-state index in [1.165, 1.54) is 11.4 Å². The van der Waals surface area contributed by atoms with E-state index >= 15 is 0 Å². The van der Waals surface area contributed by atoms with Crippen molar-refractivity contribution in [1.29, 1.82) is 5.26 Å². The van der Waals surface area contributed by atoms with Crippen LogP contribution < -0.4 is 4.31 Å². The molecule has 0 bridgehead atoms. The Morgan fingerprint density at radius 2 is 2.13 bits per heavy atom. The molecule has 5 heteroatoms. The van der Waals surface area contributed by atoms with Crippen LogP contribution in [0.1, 0.15) is 5.56 Å². The van der Waals surface area contributed by atoms with Crippen molar-refractivity contribution in [2.24, 2.45) is 0 Å². The zero-order chi connectivity index (χ0) is 11.5. The molecule has 0 aliphatic carbocycles. The van der Waals surface area contributed by atoms with Crippen LogP contribution in [0.3, 0.4) is 0 Å². The van der Waals surface area contributed by atoms with Crippen LogP contribution in [0.25, 0.3) is 0 Å². The Bertz CT molecular complexity index is 488. The lowest BCUT2D eigenvalue weighted by atomic mass is 10.1. The van der Waals surface area contributed by atoms with Gasteiger partial charge < -0.3 is 0 Å². The molecule has 0 aliphatic heterocycles. The van der Waals surface area contributed by atoms with E-state index in [-0.39, 0.29) is 6.42 Å². The van der Waals surface area contributed by atoms with Gasteiger partial charge in [-0.05, 0) is 17.7 Å². The maximum Gasteiger partial charge on any atom is 0.231 e. The molecule has 0 saturated carbocycles. The summed E-state index contributed by atoms with van der Waals surface area (Å²) in [5, 5.41) is 8.53. The van der Waals surface area contributed by atoms with Crippen LogP contribution >= 0.6 is 0 Å². The van der Waals surface area contributed by atoms with Gasteiger partial charge in [-0.15, -0.1) is 0 Å². The Balaban J connectivity index is 3.07. The number of hydrogen-bond donors (Lipinski definition) is 0. The van der Waals surface area contributed by atoms with E-state index < -0.39 is 10.0 Å². The molecule has 0 unspecified atom stereocenters. The lowest BCUT2D eigenvalue weighted by Crippen LogP contribution is -2.24. The number of hydrogen-bond acceptors (Lipinski definition) is 3. The van der Waals surface area contributed by atoms with E-state index in [4.69, 9.17) is 5.26 Å². The highest BCUT2D eigenvalue weighted by Gasteiger charge is 2.11. The Labute approximate surface area is 89.8 Å². The van der Waals surface area contributed by atoms with E-state index in [2.05, 4.69) is 0 Å². The Morgan fingerprint density at radius 3 is 2.67 bits per heavy atom. The van der Waals surface area contributed by atoms with Gasteiger partial charge in [0.1, 0.15) is 0 Å². The minimum atomic E-state index is -3.24. The van der Waals surface area contributed by atoms with Crippen LogP contribution in [0.4, 0.5) is 5.69 Å². The maximum absolute atomic E-state index is 11.3. The summed E-state index contributed by atoms with van der Waals surface area (Å²) in [6.45, 7) is 0. The molecule has 0 atom stereocenters. The summed E-state index contributed by atoms with van der Waals surface area (Å²) in [6, 6.07) is 8.95. The standard InChI is InChI=1S/C10H12N2O2S/c1-12(15(2,13)14)10-5-3-4-9(8-10)6-7-11/h3-5,8H,6H2,1-2H3. The Hall–Kier alpha value is -1.54. The number of nitrogens with zero attached hydrogens (tertiary/aromatic N) is 2. The second kappa shape index (κ2) is 4.32. The number of anilines is 1. The number of sulfonamides is 1. The number of nitriles is 1. The zero-order valence-electron chi connectivity index (χ0n) is 8.64. The van der Waals surface area contributed by atoms with Crippen molar-refractivity contribution < 1.29 is 8.42 Å². The Kier molecular flexibility index (Phi) is 3.32. The van der Waals surface area contributed by atoms with Gasteiger partial charge in [-0.25, -0.2) is 8.42 Å². The monoisotopic (exact) mass is 224 g/mol. The van der Waals surface area contributed by atoms with Crippen LogP contribution in [0.5, 0.6) is 0 Å². The minimum absolute atomic E-state index is 0.283. The topological polar surface area (TPSA) is 61.2 Å². The van der Waals surface area contributed by atoms with Gasteiger partial charge in [0.2, 0.25) is 10.0 Å². The summed E-state index contributed by atoms with van der Waals surface area (Å²) >= 11 is 0. The van der Waals surface area contributed by atoms with Crippen LogP contribution in [0.2, 0.25) is 0 Å². The predicted molar refractivity (Wildman–Crippen MR) is 59.0 cm³/mol. The van der Waals surface area contributed by atoms with Crippen LogP contribution in [0, 0.1) is 11.3 Å². The average molecular weight is 224 g/mol. The first kappa shape index (κ1) is 11.5. The molecule has 15 heavy (non-hydrogen) atoms. The van der Waals surface area contributed by atoms with Crippen molar-refractivity contribution in [3.63, 3.8) is 0 Å². The van der Waals surface area contributed by atoms with Gasteiger partial charge in [-0.3, -0.25) is 4.31 Å². The van der Waals surface area contributed by atoms with Crippen LogP contribution in [-0.4, -0.2) is 21.7 Å². The van der Waals surface area contributed by atoms with E-state index in [1.807, 2.05) is 6.07 Å². The van der Waals surface area contributed by atoms with Crippen molar-refractivity contribution in [1.82, 2.24) is 0 Å². The zero-order valence-corrected chi connectivity index (χ0v) is 9.45. The molecule has 1 aromatic carbocycles. The van der Waals surface area contributed by atoms with E-state index in [0.29, 0.717) is 5.69 Å². The first-order valence-electron chi connectivity index (χ1n) is 4.35. The summed E-state index contributed by atoms with van der Waals surface area (Å²) in [4.78, 5) is 0. The third-order valence-electron chi connectivity index (χ3n) is 2.05. The fourth-order valence-corrected chi connectivity index (χ4v) is 1.64. The van der Waals surface area contributed by atoms with Crippen molar-refractivity contribution in [2.45, 2.75) is 6.42 Å². The quantitative estimate of drug-likeness (QED) is 0.773. The van der Waals surface area contributed by atoms with Gasteiger partial charge in [-0.1, -0.05) is 12.1 Å². The molecule has 0 fully saturated rings. The van der Waals surface area contributed by atoms with Gasteiger partial charge >= 0.3 is 0 Å². The summed E-state index contributed by atoms with van der Waals surface area (Å²) in [7, 11) is -1.75. The molecule has 0 spiro atoms. The van der Waals surface area contributed by atoms with Crippen LogP contribution in [-0.2, 0) is 16.4 Å². The lowest BCUT2D eigenvalue weighted by Gasteiger charge is -2.16. The molecule has 80 valence electrons. The second-order valence-corrected chi connectivity index (χ2v) is 5.25. The van der Waals surface area contributed by atoms with Crippen molar-refractivity contribution in [3.05, 3.63) is 29.8 Å². The minimum Gasteiger partial charge on any atom is -0.274 e. The molecule has 0 heterocycles.